The monoisotopic (exact) mass is 438 g/mol. The molecule has 0 bridgehead atoms. The predicted octanol–water partition coefficient (Wildman–Crippen LogP) is 3.48. The number of nitrogens with zero attached hydrogens (tertiary/aromatic N) is 2. The Kier molecular flexibility index (Phi) is 4.76. The van der Waals surface area contributed by atoms with E-state index in [1.54, 1.807) is 11.7 Å². The molecule has 0 saturated carbocycles. The van der Waals surface area contributed by atoms with Crippen molar-refractivity contribution in [3.05, 3.63) is 70.1 Å². The summed E-state index contributed by atoms with van der Waals surface area (Å²) in [4.78, 5) is 15.8. The van der Waals surface area contributed by atoms with Crippen molar-refractivity contribution in [2.75, 3.05) is 5.32 Å². The summed E-state index contributed by atoms with van der Waals surface area (Å²) in [6.07, 6.45) is 4.49. The number of carbonyl (C=O) groups excluding carboxylic acids is 1. The van der Waals surface area contributed by atoms with E-state index in [1.807, 2.05) is 24.3 Å². The van der Waals surface area contributed by atoms with Crippen LogP contribution < -0.4 is 10.8 Å². The van der Waals surface area contributed by atoms with E-state index in [4.69, 9.17) is 5.21 Å². The van der Waals surface area contributed by atoms with Gasteiger partial charge < -0.3 is 9.88 Å². The zero-order chi connectivity index (χ0) is 17.1. The van der Waals surface area contributed by atoms with Crippen molar-refractivity contribution in [2.24, 2.45) is 0 Å². The maximum Gasteiger partial charge on any atom is 0.276 e. The second kappa shape index (κ2) is 6.97. The number of halogens is 2. The molecule has 0 fully saturated rings. The molecule has 0 aliphatic rings. The van der Waals surface area contributed by atoms with E-state index in [0.717, 1.165) is 3.57 Å². The van der Waals surface area contributed by atoms with E-state index in [0.29, 0.717) is 5.69 Å². The molecule has 1 heterocycles. The third-order valence-electron chi connectivity index (χ3n) is 3.34. The lowest BCUT2D eigenvalue weighted by molar-refractivity contribution is 0.0707. The van der Waals surface area contributed by atoms with Crippen molar-refractivity contribution >= 4 is 39.9 Å². The lowest BCUT2D eigenvalue weighted by atomic mass is 10.1. The minimum atomic E-state index is -0.746. The Bertz CT molecular complexity index is 867. The molecule has 0 saturated heterocycles. The quantitative estimate of drug-likeness (QED) is 0.331. The van der Waals surface area contributed by atoms with Crippen LogP contribution in [0, 0.1) is 9.39 Å². The van der Waals surface area contributed by atoms with Gasteiger partial charge in [0, 0.05) is 27.7 Å². The fourth-order valence-corrected chi connectivity index (χ4v) is 2.56. The molecule has 1 aromatic heterocycles. The van der Waals surface area contributed by atoms with Crippen LogP contribution in [-0.2, 0) is 0 Å². The molecule has 24 heavy (non-hydrogen) atoms. The number of rotatable bonds is 4. The van der Waals surface area contributed by atoms with Gasteiger partial charge in [-0.15, -0.1) is 0 Å². The summed E-state index contributed by atoms with van der Waals surface area (Å²) in [5, 5.41) is 12.0. The molecule has 3 rings (SSSR count). The molecule has 2 aromatic carbocycles. The van der Waals surface area contributed by atoms with E-state index in [9.17, 15) is 9.18 Å². The standard InChI is InChI=1S/C16H12FIN4O2/c17-13-8-14(20-11-3-1-10(18)2-4-11)12(16(23)21-24)7-15(13)22-6-5-19-9-22/h1-9,20,24H,(H,21,23). The van der Waals surface area contributed by atoms with Gasteiger partial charge in [0.15, 0.2) is 0 Å². The molecule has 0 unspecified atom stereocenters. The van der Waals surface area contributed by atoms with Gasteiger partial charge in [-0.25, -0.2) is 14.9 Å². The Balaban J connectivity index is 2.06. The van der Waals surface area contributed by atoms with Crippen molar-refractivity contribution < 1.29 is 14.4 Å². The molecular weight excluding hydrogens is 426 g/mol. The topological polar surface area (TPSA) is 79.2 Å². The minimum absolute atomic E-state index is 0.0983. The predicted molar refractivity (Wildman–Crippen MR) is 95.2 cm³/mol. The van der Waals surface area contributed by atoms with Crippen LogP contribution in [0.15, 0.2) is 55.1 Å². The molecule has 6 nitrogen and oxygen atoms in total. The van der Waals surface area contributed by atoms with Crippen molar-refractivity contribution in [1.29, 1.82) is 0 Å². The molecule has 0 atom stereocenters. The van der Waals surface area contributed by atoms with Crippen molar-refractivity contribution in [3.8, 4) is 5.69 Å². The van der Waals surface area contributed by atoms with Crippen LogP contribution in [0.5, 0.6) is 0 Å². The number of hydrogen-bond acceptors (Lipinski definition) is 4. The van der Waals surface area contributed by atoms with Gasteiger partial charge in [0.1, 0.15) is 5.82 Å². The van der Waals surface area contributed by atoms with E-state index in [2.05, 4.69) is 32.9 Å². The highest BCUT2D eigenvalue weighted by Crippen LogP contribution is 2.27. The first kappa shape index (κ1) is 16.4. The van der Waals surface area contributed by atoms with Crippen molar-refractivity contribution in [2.45, 2.75) is 0 Å². The highest BCUT2D eigenvalue weighted by molar-refractivity contribution is 14.1. The third kappa shape index (κ3) is 3.39. The number of amides is 1. The number of anilines is 2. The summed E-state index contributed by atoms with van der Waals surface area (Å²) < 4.78 is 16.9. The van der Waals surface area contributed by atoms with Gasteiger partial charge in [0.25, 0.3) is 5.91 Å². The van der Waals surface area contributed by atoms with Gasteiger partial charge >= 0.3 is 0 Å². The average molecular weight is 438 g/mol. The number of hydroxylamine groups is 1. The molecule has 1 amide bonds. The summed E-state index contributed by atoms with van der Waals surface area (Å²) >= 11 is 2.17. The summed E-state index contributed by atoms with van der Waals surface area (Å²) in [5.41, 5.74) is 2.76. The summed E-state index contributed by atoms with van der Waals surface area (Å²) in [7, 11) is 0. The molecular formula is C16H12FIN4O2. The van der Waals surface area contributed by atoms with Crippen LogP contribution in [0.1, 0.15) is 10.4 Å². The first-order valence-electron chi connectivity index (χ1n) is 6.87. The zero-order valence-electron chi connectivity index (χ0n) is 12.2. The molecule has 3 N–H and O–H groups in total. The molecule has 0 radical (unpaired) electrons. The Morgan fingerprint density at radius 3 is 2.62 bits per heavy atom. The van der Waals surface area contributed by atoms with Crippen LogP contribution in [-0.4, -0.2) is 20.7 Å². The minimum Gasteiger partial charge on any atom is -0.355 e. The fourth-order valence-electron chi connectivity index (χ4n) is 2.20. The van der Waals surface area contributed by atoms with Gasteiger partial charge in [0.2, 0.25) is 0 Å². The van der Waals surface area contributed by atoms with Crippen LogP contribution in [0.25, 0.3) is 5.69 Å². The Labute approximate surface area is 150 Å². The largest absolute Gasteiger partial charge is 0.355 e. The second-order valence-corrected chi connectivity index (χ2v) is 6.14. The number of benzene rings is 2. The number of aromatic nitrogens is 2. The molecule has 3 aromatic rings. The first-order valence-corrected chi connectivity index (χ1v) is 7.95. The zero-order valence-corrected chi connectivity index (χ0v) is 14.4. The lowest BCUT2D eigenvalue weighted by Gasteiger charge is -2.14. The first-order chi connectivity index (χ1) is 11.6. The van der Waals surface area contributed by atoms with Gasteiger partial charge in [0.05, 0.1) is 23.3 Å². The lowest BCUT2D eigenvalue weighted by Crippen LogP contribution is -2.20. The number of carbonyl (C=O) groups is 1. The van der Waals surface area contributed by atoms with Crippen LogP contribution in [0.2, 0.25) is 0 Å². The highest BCUT2D eigenvalue weighted by Gasteiger charge is 2.17. The van der Waals surface area contributed by atoms with Gasteiger partial charge in [-0.1, -0.05) is 0 Å². The summed E-state index contributed by atoms with van der Waals surface area (Å²) in [6.45, 7) is 0. The van der Waals surface area contributed by atoms with Crippen molar-refractivity contribution in [1.82, 2.24) is 15.0 Å². The average Bonchev–Trinajstić information content (AvgIpc) is 3.11. The Morgan fingerprint density at radius 1 is 1.25 bits per heavy atom. The molecule has 0 aliphatic heterocycles. The van der Waals surface area contributed by atoms with Crippen LogP contribution >= 0.6 is 22.6 Å². The van der Waals surface area contributed by atoms with Gasteiger partial charge in [-0.2, -0.15) is 0 Å². The number of nitrogens with one attached hydrogen (secondary N) is 2. The SMILES string of the molecule is O=C(NO)c1cc(-n2ccnc2)c(F)cc1Nc1ccc(I)cc1. The normalized spacial score (nSPS) is 10.5. The van der Waals surface area contributed by atoms with E-state index < -0.39 is 11.7 Å². The van der Waals surface area contributed by atoms with Gasteiger partial charge in [-0.05, 0) is 52.9 Å². The molecule has 122 valence electrons. The molecule has 8 heteroatoms. The van der Waals surface area contributed by atoms with E-state index >= 15 is 0 Å². The van der Waals surface area contributed by atoms with E-state index in [-0.39, 0.29) is 16.9 Å². The fraction of sp³-hybridized carbons (Fsp3) is 0. The highest BCUT2D eigenvalue weighted by atomic mass is 127. The number of imidazole rings is 1. The molecule has 0 spiro atoms. The third-order valence-corrected chi connectivity index (χ3v) is 4.06. The van der Waals surface area contributed by atoms with Crippen molar-refractivity contribution in [3.63, 3.8) is 0 Å². The van der Waals surface area contributed by atoms with Crippen LogP contribution in [0.3, 0.4) is 0 Å². The van der Waals surface area contributed by atoms with Crippen LogP contribution in [0.4, 0.5) is 15.8 Å². The smallest absolute Gasteiger partial charge is 0.276 e. The second-order valence-electron chi connectivity index (χ2n) is 4.89. The van der Waals surface area contributed by atoms with Gasteiger partial charge in [-0.3, -0.25) is 10.0 Å². The maximum atomic E-state index is 14.4. The van der Waals surface area contributed by atoms with E-state index in [1.165, 1.54) is 29.2 Å². The summed E-state index contributed by atoms with van der Waals surface area (Å²) in [6, 6.07) is 9.93. The number of hydrogen-bond donors (Lipinski definition) is 3. The summed E-state index contributed by atoms with van der Waals surface area (Å²) in [5.74, 6) is -1.28. The Morgan fingerprint density at radius 2 is 2.00 bits per heavy atom. The Hall–Kier alpha value is -2.46. The molecule has 0 aliphatic carbocycles. The maximum absolute atomic E-state index is 14.4.